The first-order valence-electron chi connectivity index (χ1n) is 9.44. The molecule has 1 amide bonds. The predicted octanol–water partition coefficient (Wildman–Crippen LogP) is 3.55. The first kappa shape index (κ1) is 19.5. The summed E-state index contributed by atoms with van der Waals surface area (Å²) in [7, 11) is 0. The van der Waals surface area contributed by atoms with E-state index in [1.54, 1.807) is 30.2 Å². The van der Waals surface area contributed by atoms with Crippen LogP contribution >= 0.6 is 11.6 Å². The number of halogens is 1. The first-order chi connectivity index (χ1) is 14.0. The molecule has 1 aromatic carbocycles. The van der Waals surface area contributed by atoms with Crippen molar-refractivity contribution in [3.05, 3.63) is 58.7 Å². The van der Waals surface area contributed by atoms with E-state index in [9.17, 15) is 9.59 Å². The lowest BCUT2D eigenvalue weighted by atomic mass is 10.0. The molecule has 29 heavy (non-hydrogen) atoms. The second-order valence-electron chi connectivity index (χ2n) is 7.03. The van der Waals surface area contributed by atoms with Crippen LogP contribution in [-0.4, -0.2) is 52.9 Å². The topological polar surface area (TPSA) is 72.4 Å². The molecule has 2 aromatic heterocycles. The van der Waals surface area contributed by atoms with Crippen LogP contribution in [0, 0.1) is 0 Å². The van der Waals surface area contributed by atoms with Crippen LogP contribution in [-0.2, 0) is 16.0 Å². The summed E-state index contributed by atoms with van der Waals surface area (Å²) in [6.07, 6.45) is 2.00. The van der Waals surface area contributed by atoms with E-state index in [0.717, 1.165) is 5.56 Å². The van der Waals surface area contributed by atoms with Gasteiger partial charge in [0, 0.05) is 31.1 Å². The molecule has 0 N–H and O–H groups in total. The third-order valence-electron chi connectivity index (χ3n) is 4.86. The highest BCUT2D eigenvalue weighted by Gasteiger charge is 2.22. The van der Waals surface area contributed by atoms with Gasteiger partial charge in [-0.05, 0) is 30.7 Å². The van der Waals surface area contributed by atoms with Gasteiger partial charge in [0.25, 0.3) is 5.91 Å². The van der Waals surface area contributed by atoms with Crippen molar-refractivity contribution in [2.75, 3.05) is 26.3 Å². The number of nitrogens with zero attached hydrogens (tertiary/aromatic N) is 3. The molecule has 3 aromatic rings. The molecule has 0 bridgehead atoms. The number of aromatic nitrogens is 2. The highest BCUT2D eigenvalue weighted by molar-refractivity contribution is 6.35. The van der Waals surface area contributed by atoms with E-state index in [1.165, 1.54) is 0 Å². The fraction of sp³-hybridized carbons (Fsp3) is 0.273. The average molecular weight is 410 g/mol. The second-order valence-corrected chi connectivity index (χ2v) is 7.43. The Balaban J connectivity index is 1.80. The lowest BCUT2D eigenvalue weighted by Crippen LogP contribution is -2.40. The van der Waals surface area contributed by atoms with E-state index in [-0.39, 0.29) is 11.7 Å². The minimum Gasteiger partial charge on any atom is -0.378 e. The molecule has 148 valence electrons. The molecule has 1 aliphatic heterocycles. The van der Waals surface area contributed by atoms with Crippen molar-refractivity contribution in [1.29, 1.82) is 0 Å². The maximum atomic E-state index is 13.2. The van der Waals surface area contributed by atoms with Crippen molar-refractivity contribution in [3.8, 4) is 11.4 Å². The highest BCUT2D eigenvalue weighted by Crippen LogP contribution is 2.29. The number of amides is 1. The van der Waals surface area contributed by atoms with Gasteiger partial charge in [-0.3, -0.25) is 14.6 Å². The SMILES string of the molecule is CC(=O)Cc1ccc(-c2cc(C(=O)N3CCOCC3)c3cccc(Cl)c3n2)nc1. The molecule has 6 nitrogen and oxygen atoms in total. The van der Waals surface area contributed by atoms with Crippen molar-refractivity contribution in [2.24, 2.45) is 0 Å². The number of Topliss-reactive ketones (excluding diaryl/α,β-unsaturated/α-hetero) is 1. The maximum Gasteiger partial charge on any atom is 0.254 e. The zero-order valence-corrected chi connectivity index (χ0v) is 16.8. The van der Waals surface area contributed by atoms with Crippen molar-refractivity contribution in [1.82, 2.24) is 14.9 Å². The molecule has 1 fully saturated rings. The number of carbonyl (C=O) groups is 2. The Morgan fingerprint density at radius 2 is 1.93 bits per heavy atom. The Hall–Kier alpha value is -2.83. The number of ketones is 1. The van der Waals surface area contributed by atoms with Crippen LogP contribution in [0.4, 0.5) is 0 Å². The number of morpholine rings is 1. The van der Waals surface area contributed by atoms with Crippen molar-refractivity contribution in [3.63, 3.8) is 0 Å². The van der Waals surface area contributed by atoms with E-state index in [0.29, 0.717) is 65.6 Å². The quantitative estimate of drug-likeness (QED) is 0.658. The smallest absolute Gasteiger partial charge is 0.254 e. The molecule has 1 aliphatic rings. The first-order valence-corrected chi connectivity index (χ1v) is 9.82. The van der Waals surface area contributed by atoms with Gasteiger partial charge in [0.1, 0.15) is 5.78 Å². The summed E-state index contributed by atoms with van der Waals surface area (Å²) in [5, 5.41) is 1.19. The van der Waals surface area contributed by atoms with E-state index < -0.39 is 0 Å². The molecule has 4 rings (SSSR count). The number of benzene rings is 1. The van der Waals surface area contributed by atoms with Crippen LogP contribution in [0.25, 0.3) is 22.3 Å². The third-order valence-corrected chi connectivity index (χ3v) is 5.16. The molecular weight excluding hydrogens is 390 g/mol. The van der Waals surface area contributed by atoms with Crippen LogP contribution in [0.15, 0.2) is 42.6 Å². The Morgan fingerprint density at radius 3 is 2.62 bits per heavy atom. The number of hydrogen-bond acceptors (Lipinski definition) is 5. The van der Waals surface area contributed by atoms with Crippen LogP contribution in [0.3, 0.4) is 0 Å². The zero-order valence-electron chi connectivity index (χ0n) is 16.0. The van der Waals surface area contributed by atoms with Gasteiger partial charge in [0.05, 0.1) is 40.7 Å². The number of fused-ring (bicyclic) bond motifs is 1. The van der Waals surface area contributed by atoms with Crippen molar-refractivity contribution >= 4 is 34.2 Å². The molecule has 3 heterocycles. The lowest BCUT2D eigenvalue weighted by molar-refractivity contribution is -0.116. The normalized spacial score (nSPS) is 14.2. The summed E-state index contributed by atoms with van der Waals surface area (Å²) in [5.41, 5.74) is 3.14. The lowest BCUT2D eigenvalue weighted by Gasteiger charge is -2.27. The molecule has 0 saturated carbocycles. The Bertz CT molecular complexity index is 1080. The van der Waals surface area contributed by atoms with Gasteiger partial charge in [0.15, 0.2) is 0 Å². The Labute approximate surface area is 173 Å². The average Bonchev–Trinajstić information content (AvgIpc) is 2.74. The fourth-order valence-corrected chi connectivity index (χ4v) is 3.64. The number of rotatable bonds is 4. The summed E-state index contributed by atoms with van der Waals surface area (Å²) < 4.78 is 5.36. The van der Waals surface area contributed by atoms with Crippen molar-refractivity contribution < 1.29 is 14.3 Å². The summed E-state index contributed by atoms with van der Waals surface area (Å²) >= 11 is 6.40. The maximum absolute atomic E-state index is 13.2. The minimum atomic E-state index is -0.0718. The molecule has 0 unspecified atom stereocenters. The summed E-state index contributed by atoms with van der Waals surface area (Å²) in [4.78, 5) is 35.4. The number of hydrogen-bond donors (Lipinski definition) is 0. The highest BCUT2D eigenvalue weighted by atomic mass is 35.5. The molecule has 0 radical (unpaired) electrons. The standard InChI is InChI=1S/C22H20ClN3O3/c1-14(27)11-15-5-6-19(24-13-15)20-12-17(22(28)26-7-9-29-10-8-26)16-3-2-4-18(23)21(16)25-20/h2-6,12-13H,7-11H2,1H3. The van der Waals surface area contributed by atoms with Gasteiger partial charge in [-0.25, -0.2) is 4.98 Å². The summed E-state index contributed by atoms with van der Waals surface area (Å²) in [5.74, 6) is 0.00553. The van der Waals surface area contributed by atoms with Crippen LogP contribution in [0.5, 0.6) is 0 Å². The molecule has 0 aliphatic carbocycles. The second kappa shape index (κ2) is 8.27. The van der Waals surface area contributed by atoms with Gasteiger partial charge in [-0.2, -0.15) is 0 Å². The van der Waals surface area contributed by atoms with E-state index >= 15 is 0 Å². The number of carbonyl (C=O) groups excluding carboxylic acids is 2. The molecule has 7 heteroatoms. The molecule has 0 atom stereocenters. The van der Waals surface area contributed by atoms with Gasteiger partial charge < -0.3 is 9.64 Å². The number of ether oxygens (including phenoxy) is 1. The van der Waals surface area contributed by atoms with E-state index in [4.69, 9.17) is 16.3 Å². The summed E-state index contributed by atoms with van der Waals surface area (Å²) in [6.45, 7) is 3.71. The number of para-hydroxylation sites is 1. The molecule has 1 saturated heterocycles. The monoisotopic (exact) mass is 409 g/mol. The van der Waals surface area contributed by atoms with Gasteiger partial charge in [0.2, 0.25) is 0 Å². The van der Waals surface area contributed by atoms with Gasteiger partial charge >= 0.3 is 0 Å². The minimum absolute atomic E-state index is 0.0718. The molecule has 0 spiro atoms. The third kappa shape index (κ3) is 4.13. The predicted molar refractivity (Wildman–Crippen MR) is 111 cm³/mol. The van der Waals surface area contributed by atoms with Crippen molar-refractivity contribution in [2.45, 2.75) is 13.3 Å². The Morgan fingerprint density at radius 1 is 1.14 bits per heavy atom. The van der Waals surface area contributed by atoms with E-state index in [2.05, 4.69) is 9.97 Å². The van der Waals surface area contributed by atoms with Gasteiger partial charge in [-0.1, -0.05) is 29.8 Å². The number of pyridine rings is 2. The molecular formula is C22H20ClN3O3. The van der Waals surface area contributed by atoms with Crippen LogP contribution < -0.4 is 0 Å². The van der Waals surface area contributed by atoms with Crippen LogP contribution in [0.2, 0.25) is 5.02 Å². The largest absolute Gasteiger partial charge is 0.378 e. The van der Waals surface area contributed by atoms with Crippen LogP contribution in [0.1, 0.15) is 22.8 Å². The van der Waals surface area contributed by atoms with E-state index in [1.807, 2.05) is 24.3 Å². The zero-order chi connectivity index (χ0) is 20.4. The summed E-state index contributed by atoms with van der Waals surface area (Å²) in [6, 6.07) is 10.9. The Kier molecular flexibility index (Phi) is 5.56. The fourth-order valence-electron chi connectivity index (χ4n) is 3.43. The van der Waals surface area contributed by atoms with Gasteiger partial charge in [-0.15, -0.1) is 0 Å².